The average Bonchev–Trinajstić information content (AvgIpc) is 1.35. The van der Waals surface area contributed by atoms with Gasteiger partial charge in [-0.25, -0.2) is 0 Å². The summed E-state index contributed by atoms with van der Waals surface area (Å²) in [5.74, 6) is -1.15. The molecule has 7 heavy (non-hydrogen) atoms. The van der Waals surface area contributed by atoms with Crippen LogP contribution in [0.5, 0.6) is 0 Å². The molecule has 0 heterocycles. The first-order valence-corrected chi connectivity index (χ1v) is 1.79. The van der Waals surface area contributed by atoms with E-state index in [2.05, 4.69) is 12.6 Å². The number of rotatable bonds is 0. The van der Waals surface area contributed by atoms with Crippen LogP contribution in [0.25, 0.3) is 0 Å². The van der Waals surface area contributed by atoms with Crippen LogP contribution in [0.15, 0.2) is 0 Å². The van der Waals surface area contributed by atoms with Gasteiger partial charge in [0, 0.05) is 0 Å². The zero-order chi connectivity index (χ0) is 5.21. The molecule has 0 atom stereocenters. The van der Waals surface area contributed by atoms with Gasteiger partial charge in [0.05, 0.1) is 0 Å². The van der Waals surface area contributed by atoms with Gasteiger partial charge in [-0.3, -0.25) is 0 Å². The maximum Gasteiger partial charge on any atom is 1.00 e. The molecule has 0 aromatic heterocycles. The van der Waals surface area contributed by atoms with E-state index in [0.29, 0.717) is 0 Å². The first kappa shape index (κ1) is 10.7. The van der Waals surface area contributed by atoms with Crippen molar-refractivity contribution in [1.82, 2.24) is 0 Å². The largest absolute Gasteiger partial charge is 1.00 e. The Labute approximate surface area is 57.1 Å². The van der Waals surface area contributed by atoms with Gasteiger partial charge in [0.1, 0.15) is 0 Å². The molecule has 0 aliphatic rings. The molecule has 0 aliphatic carbocycles. The van der Waals surface area contributed by atoms with Gasteiger partial charge in [0.15, 0.2) is 0 Å². The summed E-state index contributed by atoms with van der Waals surface area (Å²) < 4.78 is 32.0. The molecule has 0 saturated heterocycles. The summed E-state index contributed by atoms with van der Waals surface area (Å²) in [4.78, 5) is 0. The summed E-state index contributed by atoms with van der Waals surface area (Å²) in [5, 5.41) is 0. The van der Waals surface area contributed by atoms with Crippen molar-refractivity contribution < 1.29 is 32.0 Å². The fourth-order valence-corrected chi connectivity index (χ4v) is 0. The first-order valence-electron chi connectivity index (χ1n) is 1.21. The van der Waals surface area contributed by atoms with Crippen molar-refractivity contribution in [2.24, 2.45) is 0 Å². The Bertz CT molecular complexity index is 42.7. The smallest absolute Gasteiger partial charge is 0.784 e. The molecule has 0 amide bonds. The van der Waals surface area contributed by atoms with Crippen LogP contribution in [-0.4, -0.2) is 11.9 Å². The van der Waals surface area contributed by atoms with Crippen LogP contribution in [0.1, 0.15) is 0 Å². The number of hydrogen-bond donors (Lipinski definition) is 0. The van der Waals surface area contributed by atoms with Crippen molar-refractivity contribution in [3.63, 3.8) is 0 Å². The van der Waals surface area contributed by atoms with E-state index in [1.807, 2.05) is 0 Å². The van der Waals surface area contributed by atoms with Gasteiger partial charge in [-0.15, -0.1) is 0 Å². The molecule has 0 rings (SSSR count). The van der Waals surface area contributed by atoms with Crippen molar-refractivity contribution in [2.45, 2.75) is 6.18 Å². The summed E-state index contributed by atoms with van der Waals surface area (Å²) in [5.41, 5.74) is 0. The minimum atomic E-state index is -4.14. The van der Waals surface area contributed by atoms with Gasteiger partial charge in [-0.05, 0) is 0 Å². The second-order valence-electron chi connectivity index (χ2n) is 0.760. The molecule has 0 radical (unpaired) electrons. The Morgan fingerprint density at radius 1 is 1.29 bits per heavy atom. The third-order valence-corrected chi connectivity index (χ3v) is 0.491. The van der Waals surface area contributed by atoms with E-state index in [1.54, 1.807) is 0 Å². The molecule has 0 aliphatic heterocycles. The van der Waals surface area contributed by atoms with E-state index >= 15 is 0 Å². The minimum absolute atomic E-state index is 0. The third-order valence-electron chi connectivity index (χ3n) is 0.164. The van der Waals surface area contributed by atoms with Crippen molar-refractivity contribution in [3.05, 3.63) is 0 Å². The maximum atomic E-state index is 10.7. The summed E-state index contributed by atoms with van der Waals surface area (Å²) in [6.07, 6.45) is -4.14. The van der Waals surface area contributed by atoms with Crippen LogP contribution >= 0.6 is 0 Å². The summed E-state index contributed by atoms with van der Waals surface area (Å²) >= 11 is 3.66. The molecule has 0 saturated carbocycles. The van der Waals surface area contributed by atoms with Crippen LogP contribution in [0.2, 0.25) is 0 Å². The molecule has 0 bridgehead atoms. The fourth-order valence-electron chi connectivity index (χ4n) is 0. The molecule has 0 aromatic rings. The molecular weight excluding hydrogens is 120 g/mol. The van der Waals surface area contributed by atoms with Crippen LogP contribution in [0.3, 0.4) is 0 Å². The normalized spacial score (nSPS) is 10.3. The minimum Gasteiger partial charge on any atom is -0.784 e. The predicted molar refractivity (Wildman–Crippen MR) is 18.3 cm³/mol. The quantitative estimate of drug-likeness (QED) is 0.267. The Kier molecular flexibility index (Phi) is 5.65. The van der Waals surface area contributed by atoms with Crippen LogP contribution in [-0.2, 0) is 12.6 Å². The average molecular weight is 122 g/mol. The van der Waals surface area contributed by atoms with Gasteiger partial charge in [0.2, 0.25) is 0 Å². The van der Waals surface area contributed by atoms with E-state index in [0.717, 1.165) is 0 Å². The van der Waals surface area contributed by atoms with Crippen molar-refractivity contribution >= 4 is 12.6 Å². The van der Waals surface area contributed by atoms with Crippen LogP contribution in [0.4, 0.5) is 13.2 Å². The van der Waals surface area contributed by atoms with Crippen molar-refractivity contribution in [3.8, 4) is 0 Å². The molecule has 0 spiro atoms. The van der Waals surface area contributed by atoms with E-state index in [1.165, 1.54) is 0 Å². The van der Waals surface area contributed by atoms with Gasteiger partial charge in [-0.1, -0.05) is 5.75 Å². The monoisotopic (exact) mass is 122 g/mol. The van der Waals surface area contributed by atoms with E-state index < -0.39 is 11.9 Å². The molecule has 0 aromatic carbocycles. The summed E-state index contributed by atoms with van der Waals surface area (Å²) in [7, 11) is 0. The molecule has 0 N–H and O–H groups in total. The zero-order valence-electron chi connectivity index (χ0n) is 3.75. The molecule has 0 unspecified atom stereocenters. The molecule has 0 nitrogen and oxygen atoms in total. The summed E-state index contributed by atoms with van der Waals surface area (Å²) in [6, 6.07) is 0. The van der Waals surface area contributed by atoms with Gasteiger partial charge < -0.3 is 12.6 Å². The molecular formula is C2H2F3LiS. The van der Waals surface area contributed by atoms with Gasteiger partial charge >= 0.3 is 25.0 Å². The first-order chi connectivity index (χ1) is 2.56. The van der Waals surface area contributed by atoms with E-state index in [4.69, 9.17) is 0 Å². The second-order valence-corrected chi connectivity index (χ2v) is 1.05. The van der Waals surface area contributed by atoms with Gasteiger partial charge in [-0.2, -0.15) is 13.2 Å². The Morgan fingerprint density at radius 3 is 1.43 bits per heavy atom. The third kappa shape index (κ3) is 10.8. The summed E-state index contributed by atoms with van der Waals surface area (Å²) in [6.45, 7) is 0. The molecule has 5 heteroatoms. The molecule has 38 valence electrons. The van der Waals surface area contributed by atoms with E-state index in [-0.39, 0.29) is 18.9 Å². The van der Waals surface area contributed by atoms with E-state index in [9.17, 15) is 13.2 Å². The Balaban J connectivity index is 0. The standard InChI is InChI=1S/C2H3F3S.Li/c3-2(4,5)1-6;/h6H,1H2;/q;+1/p-1. The van der Waals surface area contributed by atoms with Crippen LogP contribution < -0.4 is 18.9 Å². The SMILES string of the molecule is FC(F)(F)C[S-].[Li+]. The number of hydrogen-bond acceptors (Lipinski definition) is 1. The topological polar surface area (TPSA) is 0 Å². The van der Waals surface area contributed by atoms with Crippen molar-refractivity contribution in [1.29, 1.82) is 0 Å². The number of alkyl halides is 3. The Morgan fingerprint density at radius 2 is 1.43 bits per heavy atom. The zero-order valence-corrected chi connectivity index (χ0v) is 4.57. The van der Waals surface area contributed by atoms with Crippen LogP contribution in [0, 0.1) is 0 Å². The fraction of sp³-hybridized carbons (Fsp3) is 1.00. The van der Waals surface area contributed by atoms with Gasteiger partial charge in [0.25, 0.3) is 0 Å². The second kappa shape index (κ2) is 3.70. The number of halogens is 3. The predicted octanol–water partition coefficient (Wildman–Crippen LogP) is -1.90. The Hall–Kier alpha value is 0.737. The van der Waals surface area contributed by atoms with Crippen molar-refractivity contribution in [2.75, 3.05) is 5.75 Å². The maximum absolute atomic E-state index is 10.7. The molecule has 0 fully saturated rings.